The lowest BCUT2D eigenvalue weighted by Gasteiger charge is -2.25. The number of nitrogens with one attached hydrogen (secondary N) is 1. The zero-order valence-corrected chi connectivity index (χ0v) is 19.5. The molecule has 2 rings (SSSR count). The largest absolute Gasteiger partial charge is 0.445 e. The van der Waals surface area contributed by atoms with Gasteiger partial charge in [0.1, 0.15) is 12.4 Å². The Bertz CT molecular complexity index is 846. The molecule has 0 aromatic heterocycles. The van der Waals surface area contributed by atoms with Crippen molar-refractivity contribution in [3.8, 4) is 5.75 Å². The quantitative estimate of drug-likeness (QED) is 0.385. The Balaban J connectivity index is 1.93. The molecular formula is C26H35NO4. The number of carbonyl (C=O) groups excluding carboxylic acids is 2. The summed E-state index contributed by atoms with van der Waals surface area (Å²) in [5, 5.41) is 2.75. The Hall–Kier alpha value is -2.82. The van der Waals surface area contributed by atoms with Gasteiger partial charge in [-0.3, -0.25) is 4.79 Å². The molecule has 0 atom stereocenters. The first-order valence-electron chi connectivity index (χ1n) is 10.9. The molecular weight excluding hydrogens is 390 g/mol. The summed E-state index contributed by atoms with van der Waals surface area (Å²) in [6.07, 6.45) is -0.326. The number of carbonyl (C=O) groups is 2. The lowest BCUT2D eigenvalue weighted by molar-refractivity contribution is -0.136. The van der Waals surface area contributed by atoms with Gasteiger partial charge in [-0.25, -0.2) is 4.79 Å². The van der Waals surface area contributed by atoms with Crippen LogP contribution < -0.4 is 10.1 Å². The number of hydrogen-bond donors (Lipinski definition) is 1. The Morgan fingerprint density at radius 2 is 1.48 bits per heavy atom. The van der Waals surface area contributed by atoms with Crippen LogP contribution in [-0.2, 0) is 16.1 Å². The van der Waals surface area contributed by atoms with E-state index in [9.17, 15) is 9.59 Å². The average molecular weight is 426 g/mol. The summed E-state index contributed by atoms with van der Waals surface area (Å²) in [6, 6.07) is 15.5. The fourth-order valence-electron chi connectivity index (χ4n) is 3.29. The van der Waals surface area contributed by atoms with Crippen molar-refractivity contribution < 1.29 is 19.1 Å². The highest BCUT2D eigenvalue weighted by molar-refractivity contribution is 5.74. The third kappa shape index (κ3) is 7.74. The number of alkyl carbamates (subject to hydrolysis) is 1. The van der Waals surface area contributed by atoms with E-state index in [1.54, 1.807) is 0 Å². The van der Waals surface area contributed by atoms with Crippen LogP contribution >= 0.6 is 0 Å². The fourth-order valence-corrected chi connectivity index (χ4v) is 3.29. The van der Waals surface area contributed by atoms with Crippen LogP contribution in [0.3, 0.4) is 0 Å². The molecule has 0 saturated carbocycles. The second-order valence-electron chi connectivity index (χ2n) is 9.31. The van der Waals surface area contributed by atoms with E-state index in [0.717, 1.165) is 16.7 Å². The summed E-state index contributed by atoms with van der Waals surface area (Å²) in [4.78, 5) is 24.8. The van der Waals surface area contributed by atoms with Crippen LogP contribution in [0, 0.1) is 5.41 Å². The van der Waals surface area contributed by atoms with Gasteiger partial charge in [0.15, 0.2) is 0 Å². The number of benzene rings is 2. The molecule has 5 heteroatoms. The third-order valence-corrected chi connectivity index (χ3v) is 5.08. The molecule has 0 aliphatic rings. The maximum absolute atomic E-state index is 12.8. The van der Waals surface area contributed by atoms with E-state index in [1.807, 2.05) is 62.4 Å². The highest BCUT2D eigenvalue weighted by Gasteiger charge is 2.26. The number of ether oxygens (including phenoxy) is 2. The topological polar surface area (TPSA) is 64.6 Å². The molecule has 168 valence electrons. The predicted molar refractivity (Wildman–Crippen MR) is 123 cm³/mol. The van der Waals surface area contributed by atoms with Crippen molar-refractivity contribution in [2.24, 2.45) is 5.41 Å². The van der Waals surface area contributed by atoms with Gasteiger partial charge in [0.2, 0.25) is 0 Å². The van der Waals surface area contributed by atoms with Crippen LogP contribution in [0.5, 0.6) is 5.75 Å². The zero-order chi connectivity index (χ0) is 23.0. The SMILES string of the molecule is CC(C)c1cccc(C(C)C)c1OC(=O)CC(C)(C)CNC(=O)OCc1ccccc1. The van der Waals surface area contributed by atoms with Gasteiger partial charge >= 0.3 is 12.1 Å². The monoisotopic (exact) mass is 425 g/mol. The zero-order valence-electron chi connectivity index (χ0n) is 19.5. The van der Waals surface area contributed by atoms with E-state index < -0.39 is 11.5 Å². The average Bonchev–Trinajstić information content (AvgIpc) is 2.71. The summed E-state index contributed by atoms with van der Waals surface area (Å²) in [5.74, 6) is 0.856. The lowest BCUT2D eigenvalue weighted by atomic mass is 9.89. The van der Waals surface area contributed by atoms with Crippen LogP contribution in [0.2, 0.25) is 0 Å². The van der Waals surface area contributed by atoms with E-state index in [2.05, 4.69) is 33.0 Å². The van der Waals surface area contributed by atoms with Gasteiger partial charge in [-0.2, -0.15) is 0 Å². The van der Waals surface area contributed by atoms with Crippen molar-refractivity contribution in [1.82, 2.24) is 5.32 Å². The third-order valence-electron chi connectivity index (χ3n) is 5.08. The molecule has 0 spiro atoms. The van der Waals surface area contributed by atoms with Crippen molar-refractivity contribution in [1.29, 1.82) is 0 Å². The molecule has 0 unspecified atom stereocenters. The minimum atomic E-state index is -0.502. The summed E-state index contributed by atoms with van der Waals surface area (Å²) < 4.78 is 11.1. The van der Waals surface area contributed by atoms with E-state index in [-0.39, 0.29) is 30.8 Å². The van der Waals surface area contributed by atoms with Gasteiger partial charge in [0.25, 0.3) is 0 Å². The van der Waals surface area contributed by atoms with Crippen LogP contribution in [0.4, 0.5) is 4.79 Å². The van der Waals surface area contributed by atoms with Crippen LogP contribution in [-0.4, -0.2) is 18.6 Å². The first-order chi connectivity index (χ1) is 14.6. The van der Waals surface area contributed by atoms with Gasteiger partial charge in [-0.05, 0) is 33.9 Å². The first kappa shape index (κ1) is 24.4. The second kappa shape index (κ2) is 11.0. The molecule has 1 amide bonds. The molecule has 0 heterocycles. The Morgan fingerprint density at radius 1 is 0.903 bits per heavy atom. The van der Waals surface area contributed by atoms with Gasteiger partial charge in [-0.15, -0.1) is 0 Å². The summed E-state index contributed by atoms with van der Waals surface area (Å²) >= 11 is 0. The van der Waals surface area contributed by atoms with Crippen LogP contribution in [0.15, 0.2) is 48.5 Å². The highest BCUT2D eigenvalue weighted by atomic mass is 16.5. The molecule has 0 saturated heterocycles. The molecule has 1 N–H and O–H groups in total. The van der Waals surface area contributed by atoms with E-state index in [4.69, 9.17) is 9.47 Å². The van der Waals surface area contributed by atoms with Crippen molar-refractivity contribution >= 4 is 12.1 Å². The Kier molecular flexibility index (Phi) is 8.66. The normalized spacial score (nSPS) is 11.5. The molecule has 5 nitrogen and oxygen atoms in total. The molecule has 0 aliphatic heterocycles. The maximum Gasteiger partial charge on any atom is 0.407 e. The van der Waals surface area contributed by atoms with Gasteiger partial charge in [0.05, 0.1) is 6.42 Å². The second-order valence-corrected chi connectivity index (χ2v) is 9.31. The Labute approximate surface area is 186 Å². The number of para-hydroxylation sites is 1. The predicted octanol–water partition coefficient (Wildman–Crippen LogP) is 6.18. The Morgan fingerprint density at radius 3 is 2.03 bits per heavy atom. The highest BCUT2D eigenvalue weighted by Crippen LogP contribution is 2.35. The van der Waals surface area contributed by atoms with Gasteiger partial charge < -0.3 is 14.8 Å². The smallest absolute Gasteiger partial charge is 0.407 e. The maximum atomic E-state index is 12.8. The molecule has 2 aromatic carbocycles. The van der Waals surface area contributed by atoms with Crippen molar-refractivity contribution in [3.63, 3.8) is 0 Å². The number of amides is 1. The standard InChI is InChI=1S/C26H35NO4/c1-18(2)21-13-10-14-22(19(3)4)24(21)31-23(28)15-26(5,6)17-27-25(29)30-16-20-11-8-7-9-12-20/h7-14,18-19H,15-17H2,1-6H3,(H,27,29). The van der Waals surface area contributed by atoms with Gasteiger partial charge in [-0.1, -0.05) is 90.1 Å². The molecule has 0 fully saturated rings. The van der Waals surface area contributed by atoms with Crippen LogP contribution in [0.25, 0.3) is 0 Å². The van der Waals surface area contributed by atoms with Crippen molar-refractivity contribution in [2.45, 2.75) is 66.4 Å². The fraction of sp³-hybridized carbons (Fsp3) is 0.462. The van der Waals surface area contributed by atoms with E-state index in [1.165, 1.54) is 0 Å². The van der Waals surface area contributed by atoms with E-state index >= 15 is 0 Å². The van der Waals surface area contributed by atoms with E-state index in [0.29, 0.717) is 12.3 Å². The van der Waals surface area contributed by atoms with Crippen molar-refractivity contribution in [3.05, 3.63) is 65.2 Å². The van der Waals surface area contributed by atoms with Crippen LogP contribution in [0.1, 0.15) is 76.5 Å². The summed E-state index contributed by atoms with van der Waals surface area (Å²) in [6.45, 7) is 12.7. The van der Waals surface area contributed by atoms with Crippen molar-refractivity contribution in [2.75, 3.05) is 6.54 Å². The first-order valence-corrected chi connectivity index (χ1v) is 10.9. The molecule has 0 radical (unpaired) electrons. The molecule has 0 aliphatic carbocycles. The summed E-state index contributed by atoms with van der Waals surface area (Å²) in [7, 11) is 0. The molecule has 0 bridgehead atoms. The number of esters is 1. The number of hydrogen-bond acceptors (Lipinski definition) is 4. The van der Waals surface area contributed by atoms with Gasteiger partial charge in [0, 0.05) is 6.54 Å². The molecule has 31 heavy (non-hydrogen) atoms. The lowest BCUT2D eigenvalue weighted by Crippen LogP contribution is -2.36. The number of rotatable bonds is 9. The molecule has 2 aromatic rings. The minimum Gasteiger partial charge on any atom is -0.445 e. The minimum absolute atomic E-state index is 0.177. The summed E-state index contributed by atoms with van der Waals surface area (Å²) in [5.41, 5.74) is 2.50.